The number of anilines is 1. The lowest BCUT2D eigenvalue weighted by Crippen LogP contribution is -1.96. The van der Waals surface area contributed by atoms with E-state index in [1.165, 1.54) is 6.26 Å². The first kappa shape index (κ1) is 21.2. The Labute approximate surface area is 183 Å². The van der Waals surface area contributed by atoms with Crippen molar-refractivity contribution in [3.8, 4) is 11.8 Å². The number of aromatic nitrogens is 3. The molecule has 1 aromatic carbocycles. The average molecular weight is 442 g/mol. The quantitative estimate of drug-likeness (QED) is 0.384. The van der Waals surface area contributed by atoms with E-state index in [4.69, 9.17) is 43.7 Å². The lowest BCUT2D eigenvalue weighted by Gasteiger charge is -2.09. The topological polar surface area (TPSA) is 110 Å². The SMILES string of the molecule is C\C=C(Oc1cc(Cl)cc(C#N)c1)/C(Cl)=C\C=C\OCc1[nH]nc2nc(N)ccc12. The molecular weight excluding hydrogens is 425 g/mol. The smallest absolute Gasteiger partial charge is 0.183 e. The highest BCUT2D eigenvalue weighted by Crippen LogP contribution is 2.25. The summed E-state index contributed by atoms with van der Waals surface area (Å²) < 4.78 is 11.3. The molecule has 9 heteroatoms. The summed E-state index contributed by atoms with van der Waals surface area (Å²) in [5, 5.41) is 17.6. The maximum absolute atomic E-state index is 9.04. The number of hydrogen-bond acceptors (Lipinski definition) is 6. The van der Waals surface area contributed by atoms with Crippen LogP contribution in [0.4, 0.5) is 5.82 Å². The van der Waals surface area contributed by atoms with E-state index in [-0.39, 0.29) is 6.61 Å². The van der Waals surface area contributed by atoms with Crippen molar-refractivity contribution in [1.29, 1.82) is 5.26 Å². The van der Waals surface area contributed by atoms with Crippen molar-refractivity contribution in [2.45, 2.75) is 13.5 Å². The van der Waals surface area contributed by atoms with Crippen LogP contribution in [0.3, 0.4) is 0 Å². The van der Waals surface area contributed by atoms with Crippen LogP contribution in [-0.2, 0) is 11.3 Å². The second-order valence-corrected chi connectivity index (χ2v) is 6.85. The van der Waals surface area contributed by atoms with Crippen molar-refractivity contribution in [2.75, 3.05) is 5.73 Å². The van der Waals surface area contributed by atoms with E-state index in [2.05, 4.69) is 15.2 Å². The minimum Gasteiger partial charge on any atom is -0.495 e. The Morgan fingerprint density at radius 1 is 1.33 bits per heavy atom. The van der Waals surface area contributed by atoms with Crippen molar-refractivity contribution in [3.63, 3.8) is 0 Å². The van der Waals surface area contributed by atoms with Crippen LogP contribution in [0.5, 0.6) is 5.75 Å². The van der Waals surface area contributed by atoms with Crippen LogP contribution in [0, 0.1) is 11.3 Å². The zero-order valence-corrected chi connectivity index (χ0v) is 17.4. The van der Waals surface area contributed by atoms with Crippen LogP contribution < -0.4 is 10.5 Å². The second-order valence-electron chi connectivity index (χ2n) is 6.01. The van der Waals surface area contributed by atoms with Gasteiger partial charge in [-0.15, -0.1) is 0 Å². The highest BCUT2D eigenvalue weighted by Gasteiger charge is 2.08. The maximum atomic E-state index is 9.04. The Balaban J connectivity index is 1.60. The lowest BCUT2D eigenvalue weighted by molar-refractivity contribution is 0.233. The first-order chi connectivity index (χ1) is 14.5. The fourth-order valence-electron chi connectivity index (χ4n) is 2.53. The minimum absolute atomic E-state index is 0.274. The van der Waals surface area contributed by atoms with Gasteiger partial charge in [-0.2, -0.15) is 10.4 Å². The van der Waals surface area contributed by atoms with Crippen LogP contribution in [0.25, 0.3) is 11.0 Å². The summed E-state index contributed by atoms with van der Waals surface area (Å²) in [5.74, 6) is 1.24. The molecule has 0 bridgehead atoms. The molecule has 7 nitrogen and oxygen atoms in total. The molecule has 0 fully saturated rings. The molecule has 3 rings (SSSR count). The van der Waals surface area contributed by atoms with E-state index in [1.54, 1.807) is 49.4 Å². The van der Waals surface area contributed by atoms with Gasteiger partial charge in [0.1, 0.15) is 23.9 Å². The van der Waals surface area contributed by atoms with E-state index in [0.717, 1.165) is 11.1 Å². The fourth-order valence-corrected chi connectivity index (χ4v) is 2.97. The molecule has 0 spiro atoms. The number of nitrogens with one attached hydrogen (secondary N) is 1. The number of allylic oxidation sites excluding steroid dienone is 4. The van der Waals surface area contributed by atoms with E-state index in [0.29, 0.717) is 38.6 Å². The Morgan fingerprint density at radius 2 is 2.17 bits per heavy atom. The van der Waals surface area contributed by atoms with Crippen molar-refractivity contribution in [3.05, 3.63) is 81.9 Å². The first-order valence-corrected chi connectivity index (χ1v) is 9.54. The molecule has 30 heavy (non-hydrogen) atoms. The number of aromatic amines is 1. The summed E-state index contributed by atoms with van der Waals surface area (Å²) in [6.07, 6.45) is 6.47. The Kier molecular flexibility index (Phi) is 6.96. The summed E-state index contributed by atoms with van der Waals surface area (Å²) in [4.78, 5) is 4.13. The third-order valence-electron chi connectivity index (χ3n) is 3.89. The molecule has 0 aliphatic carbocycles. The molecule has 3 aromatic rings. The van der Waals surface area contributed by atoms with Gasteiger partial charge in [-0.25, -0.2) is 4.98 Å². The number of halogens is 2. The summed E-state index contributed by atoms with van der Waals surface area (Å²) >= 11 is 12.3. The molecular formula is C21H17Cl2N5O2. The Bertz CT molecular complexity index is 1190. The van der Waals surface area contributed by atoms with Gasteiger partial charge in [0.25, 0.3) is 0 Å². The largest absolute Gasteiger partial charge is 0.495 e. The predicted molar refractivity (Wildman–Crippen MR) is 117 cm³/mol. The summed E-state index contributed by atoms with van der Waals surface area (Å²) in [7, 11) is 0. The number of rotatable bonds is 7. The predicted octanol–water partition coefficient (Wildman–Crippen LogP) is 5.20. The van der Waals surface area contributed by atoms with Gasteiger partial charge in [-0.05, 0) is 55.5 Å². The van der Waals surface area contributed by atoms with Crippen molar-refractivity contribution in [1.82, 2.24) is 15.2 Å². The number of benzene rings is 1. The molecule has 2 aromatic heterocycles. The molecule has 0 atom stereocenters. The molecule has 0 unspecified atom stereocenters. The van der Waals surface area contributed by atoms with Crippen molar-refractivity contribution >= 4 is 40.1 Å². The van der Waals surface area contributed by atoms with Crippen LogP contribution in [-0.4, -0.2) is 15.2 Å². The summed E-state index contributed by atoms with van der Waals surface area (Å²) in [5.41, 5.74) is 7.36. The Morgan fingerprint density at radius 3 is 2.93 bits per heavy atom. The van der Waals surface area contributed by atoms with Gasteiger partial charge >= 0.3 is 0 Å². The van der Waals surface area contributed by atoms with Gasteiger partial charge in [0.15, 0.2) is 5.65 Å². The number of nitrogen functional groups attached to an aromatic ring is 1. The molecule has 0 radical (unpaired) electrons. The van der Waals surface area contributed by atoms with Gasteiger partial charge in [0.2, 0.25) is 0 Å². The molecule has 0 amide bonds. The number of nitrogens with two attached hydrogens (primary N) is 1. The van der Waals surface area contributed by atoms with Crippen LogP contribution in [0.15, 0.2) is 65.6 Å². The summed E-state index contributed by atoms with van der Waals surface area (Å²) in [6.45, 7) is 2.06. The Hall–Kier alpha value is -3.47. The zero-order chi connectivity index (χ0) is 21.5. The van der Waals surface area contributed by atoms with E-state index >= 15 is 0 Å². The van der Waals surface area contributed by atoms with Gasteiger partial charge in [-0.3, -0.25) is 5.10 Å². The first-order valence-electron chi connectivity index (χ1n) is 8.78. The number of ether oxygens (including phenoxy) is 2. The molecule has 2 heterocycles. The van der Waals surface area contributed by atoms with Gasteiger partial charge < -0.3 is 15.2 Å². The number of nitriles is 1. The van der Waals surface area contributed by atoms with Crippen molar-refractivity contribution in [2.24, 2.45) is 0 Å². The number of hydrogen-bond donors (Lipinski definition) is 2. The molecule has 0 saturated carbocycles. The fraction of sp³-hybridized carbons (Fsp3) is 0.0952. The minimum atomic E-state index is 0.274. The molecule has 3 N–H and O–H groups in total. The maximum Gasteiger partial charge on any atom is 0.183 e. The van der Waals surface area contributed by atoms with Gasteiger partial charge in [0, 0.05) is 10.4 Å². The van der Waals surface area contributed by atoms with Crippen LogP contribution in [0.2, 0.25) is 5.02 Å². The number of nitrogens with zero attached hydrogens (tertiary/aromatic N) is 3. The van der Waals surface area contributed by atoms with Crippen molar-refractivity contribution < 1.29 is 9.47 Å². The van der Waals surface area contributed by atoms with E-state index < -0.39 is 0 Å². The highest BCUT2D eigenvalue weighted by atomic mass is 35.5. The van der Waals surface area contributed by atoms with E-state index in [9.17, 15) is 0 Å². The lowest BCUT2D eigenvalue weighted by atomic mass is 10.2. The zero-order valence-electron chi connectivity index (χ0n) is 15.9. The number of H-pyrrole nitrogens is 1. The molecule has 0 aliphatic heterocycles. The standard InChI is InChI=1S/C21H17Cl2N5O2/c1-2-19(30-15-9-13(11-24)8-14(22)10-15)17(23)4-3-7-29-12-18-16-5-6-20(25)26-21(16)28-27-18/h2-10H,12H2,1H3,(H3,25,26,27,28)/b7-3+,17-4+,19-2+. The van der Waals surface area contributed by atoms with E-state index in [1.807, 2.05) is 12.1 Å². The van der Waals surface area contributed by atoms with Gasteiger partial charge in [-0.1, -0.05) is 23.2 Å². The third-order valence-corrected chi connectivity index (χ3v) is 4.42. The van der Waals surface area contributed by atoms with Gasteiger partial charge in [0.05, 0.1) is 28.6 Å². The molecule has 152 valence electrons. The van der Waals surface area contributed by atoms with Crippen LogP contribution >= 0.6 is 23.2 Å². The number of fused-ring (bicyclic) bond motifs is 1. The monoisotopic (exact) mass is 441 g/mol. The average Bonchev–Trinajstić information content (AvgIpc) is 3.13. The molecule has 0 saturated heterocycles. The second kappa shape index (κ2) is 9.83. The third kappa shape index (κ3) is 5.32. The number of pyridine rings is 1. The molecule has 0 aliphatic rings. The normalized spacial score (nSPS) is 12.3. The highest BCUT2D eigenvalue weighted by molar-refractivity contribution is 6.32. The summed E-state index contributed by atoms with van der Waals surface area (Å²) in [6, 6.07) is 10.3. The van der Waals surface area contributed by atoms with Crippen LogP contribution in [0.1, 0.15) is 18.2 Å².